The van der Waals surface area contributed by atoms with Crippen LogP contribution in [-0.4, -0.2) is 16.1 Å². The quantitative estimate of drug-likeness (QED) is 0.852. The zero-order chi connectivity index (χ0) is 15.9. The maximum absolute atomic E-state index is 11.7. The third kappa shape index (κ3) is 4.84. The number of carbonyl (C=O) groups excluding carboxylic acids is 1. The molecule has 2 N–H and O–H groups in total. The van der Waals surface area contributed by atoms with Crippen molar-refractivity contribution in [2.75, 3.05) is 10.6 Å². The van der Waals surface area contributed by atoms with Crippen molar-refractivity contribution in [3.63, 3.8) is 0 Å². The number of aryl methyl sites for hydroxylation is 1. The molecule has 22 heavy (non-hydrogen) atoms. The van der Waals surface area contributed by atoms with E-state index in [9.17, 15) is 4.79 Å². The molecule has 0 saturated heterocycles. The Morgan fingerprint density at radius 1 is 1.05 bits per heavy atom. The van der Waals surface area contributed by atoms with Crippen molar-refractivity contribution >= 4 is 23.2 Å². The summed E-state index contributed by atoms with van der Waals surface area (Å²) in [6.07, 6.45) is 1.50. The molecule has 1 aromatic carbocycles. The van der Waals surface area contributed by atoms with E-state index < -0.39 is 0 Å². The van der Waals surface area contributed by atoms with Crippen LogP contribution in [0.2, 0.25) is 0 Å². The molecule has 0 bridgehead atoms. The second kappa shape index (κ2) is 7.54. The third-order valence-corrected chi connectivity index (χ3v) is 3.16. The van der Waals surface area contributed by atoms with Gasteiger partial charge in [0.25, 0.3) is 0 Å². The Morgan fingerprint density at radius 3 is 2.23 bits per heavy atom. The molecule has 0 saturated carbocycles. The highest BCUT2D eigenvalue weighted by molar-refractivity contribution is 5.89. The van der Waals surface area contributed by atoms with Gasteiger partial charge in [-0.05, 0) is 42.2 Å². The molecule has 1 aromatic heterocycles. The number of aromatic nitrogens is 2. The van der Waals surface area contributed by atoms with Crippen LogP contribution in [0.25, 0.3) is 0 Å². The van der Waals surface area contributed by atoms with Crippen LogP contribution >= 0.6 is 0 Å². The summed E-state index contributed by atoms with van der Waals surface area (Å²) in [4.78, 5) is 11.7. The number of nitrogens with zero attached hydrogens (tertiary/aromatic N) is 2. The molecule has 2 rings (SSSR count). The lowest BCUT2D eigenvalue weighted by atomic mass is 10.1. The molecule has 0 radical (unpaired) electrons. The molecule has 2 aromatic rings. The van der Waals surface area contributed by atoms with E-state index >= 15 is 0 Å². The summed E-state index contributed by atoms with van der Waals surface area (Å²) in [6, 6.07) is 11.7. The molecule has 0 aliphatic carbocycles. The lowest BCUT2D eigenvalue weighted by molar-refractivity contribution is -0.116. The first-order chi connectivity index (χ1) is 10.6. The predicted molar refractivity (Wildman–Crippen MR) is 89.2 cm³/mol. The number of hydrogen-bond donors (Lipinski definition) is 2. The first-order valence-corrected chi connectivity index (χ1v) is 7.56. The van der Waals surface area contributed by atoms with Gasteiger partial charge in [-0.25, -0.2) is 0 Å². The molecule has 0 fully saturated rings. The Morgan fingerprint density at radius 2 is 1.68 bits per heavy atom. The van der Waals surface area contributed by atoms with E-state index in [2.05, 4.69) is 39.9 Å². The van der Waals surface area contributed by atoms with Crippen molar-refractivity contribution < 1.29 is 4.79 Å². The Balaban J connectivity index is 1.94. The molecule has 0 spiro atoms. The van der Waals surface area contributed by atoms with Gasteiger partial charge in [0.1, 0.15) is 0 Å². The lowest BCUT2D eigenvalue weighted by Gasteiger charge is -2.08. The van der Waals surface area contributed by atoms with Crippen LogP contribution in [0.15, 0.2) is 36.4 Å². The summed E-state index contributed by atoms with van der Waals surface area (Å²) in [6.45, 7) is 6.13. The summed E-state index contributed by atoms with van der Waals surface area (Å²) < 4.78 is 0. The number of carbonyl (C=O) groups is 1. The molecular weight excluding hydrogens is 276 g/mol. The van der Waals surface area contributed by atoms with E-state index in [4.69, 9.17) is 0 Å². The van der Waals surface area contributed by atoms with Crippen molar-refractivity contribution in [3.8, 4) is 0 Å². The van der Waals surface area contributed by atoms with Crippen LogP contribution < -0.4 is 10.6 Å². The second-order valence-corrected chi connectivity index (χ2v) is 5.63. The standard InChI is InChI=1S/C17H22N4O/c1-4-13-5-7-14(8-6-13)18-15-9-10-16(21-20-15)19-17(22)11-12(2)3/h5-10,12H,4,11H2,1-3H3,(H,18,20)(H,19,21,22). The van der Waals surface area contributed by atoms with Crippen LogP contribution in [0.4, 0.5) is 17.3 Å². The molecular formula is C17H22N4O. The van der Waals surface area contributed by atoms with Crippen LogP contribution in [0, 0.1) is 5.92 Å². The summed E-state index contributed by atoms with van der Waals surface area (Å²) in [5.74, 6) is 1.39. The molecule has 1 amide bonds. The minimum Gasteiger partial charge on any atom is -0.339 e. The fraction of sp³-hybridized carbons (Fsp3) is 0.353. The molecule has 0 atom stereocenters. The Bertz CT molecular complexity index is 606. The van der Waals surface area contributed by atoms with E-state index in [0.29, 0.717) is 24.0 Å². The number of nitrogens with one attached hydrogen (secondary N) is 2. The maximum atomic E-state index is 11.7. The number of anilines is 3. The topological polar surface area (TPSA) is 66.9 Å². The first kappa shape index (κ1) is 15.9. The van der Waals surface area contributed by atoms with Gasteiger partial charge in [-0.2, -0.15) is 0 Å². The molecule has 5 heteroatoms. The third-order valence-electron chi connectivity index (χ3n) is 3.16. The zero-order valence-electron chi connectivity index (χ0n) is 13.3. The zero-order valence-corrected chi connectivity index (χ0v) is 13.3. The molecule has 0 aliphatic rings. The highest BCUT2D eigenvalue weighted by atomic mass is 16.1. The number of amides is 1. The van der Waals surface area contributed by atoms with Gasteiger partial charge in [-0.15, -0.1) is 10.2 Å². The normalized spacial score (nSPS) is 10.5. The van der Waals surface area contributed by atoms with Crippen LogP contribution in [0.5, 0.6) is 0 Å². The van der Waals surface area contributed by atoms with E-state index in [0.717, 1.165) is 12.1 Å². The number of hydrogen-bond acceptors (Lipinski definition) is 4. The Kier molecular flexibility index (Phi) is 5.47. The van der Waals surface area contributed by atoms with Gasteiger partial charge in [0.2, 0.25) is 5.91 Å². The summed E-state index contributed by atoms with van der Waals surface area (Å²) in [5, 5.41) is 14.0. The largest absolute Gasteiger partial charge is 0.339 e. The second-order valence-electron chi connectivity index (χ2n) is 5.63. The van der Waals surface area contributed by atoms with Crippen molar-refractivity contribution in [1.82, 2.24) is 10.2 Å². The van der Waals surface area contributed by atoms with Crippen LogP contribution in [0.3, 0.4) is 0 Å². The summed E-state index contributed by atoms with van der Waals surface area (Å²) >= 11 is 0. The minimum atomic E-state index is -0.0415. The van der Waals surface area contributed by atoms with E-state index in [1.165, 1.54) is 5.56 Å². The van der Waals surface area contributed by atoms with Gasteiger partial charge >= 0.3 is 0 Å². The fourth-order valence-corrected chi connectivity index (χ4v) is 2.00. The van der Waals surface area contributed by atoms with Crippen molar-refractivity contribution in [3.05, 3.63) is 42.0 Å². The van der Waals surface area contributed by atoms with Crippen molar-refractivity contribution in [2.24, 2.45) is 5.92 Å². The highest BCUT2D eigenvalue weighted by Crippen LogP contribution is 2.16. The maximum Gasteiger partial charge on any atom is 0.225 e. The lowest BCUT2D eigenvalue weighted by Crippen LogP contribution is -2.15. The van der Waals surface area contributed by atoms with Gasteiger partial charge in [0, 0.05) is 12.1 Å². The smallest absolute Gasteiger partial charge is 0.225 e. The Labute approximate surface area is 131 Å². The van der Waals surface area contributed by atoms with Crippen molar-refractivity contribution in [1.29, 1.82) is 0 Å². The highest BCUT2D eigenvalue weighted by Gasteiger charge is 2.06. The first-order valence-electron chi connectivity index (χ1n) is 7.56. The molecule has 5 nitrogen and oxygen atoms in total. The summed E-state index contributed by atoms with van der Waals surface area (Å²) in [5.41, 5.74) is 2.25. The van der Waals surface area contributed by atoms with E-state index in [1.54, 1.807) is 12.1 Å². The summed E-state index contributed by atoms with van der Waals surface area (Å²) in [7, 11) is 0. The van der Waals surface area contributed by atoms with Gasteiger partial charge in [-0.3, -0.25) is 4.79 Å². The SMILES string of the molecule is CCc1ccc(Nc2ccc(NC(=O)CC(C)C)nn2)cc1. The molecule has 0 aliphatic heterocycles. The molecule has 1 heterocycles. The van der Waals surface area contributed by atoms with Gasteiger partial charge in [0.15, 0.2) is 11.6 Å². The Hall–Kier alpha value is -2.43. The van der Waals surface area contributed by atoms with Crippen molar-refractivity contribution in [2.45, 2.75) is 33.6 Å². The average molecular weight is 298 g/mol. The van der Waals surface area contributed by atoms with Crippen LogP contribution in [0.1, 0.15) is 32.8 Å². The molecule has 0 unspecified atom stereocenters. The van der Waals surface area contributed by atoms with Crippen LogP contribution in [-0.2, 0) is 11.2 Å². The fourth-order valence-electron chi connectivity index (χ4n) is 2.00. The van der Waals surface area contributed by atoms with E-state index in [-0.39, 0.29) is 5.91 Å². The van der Waals surface area contributed by atoms with E-state index in [1.807, 2.05) is 26.0 Å². The van der Waals surface area contributed by atoms with Gasteiger partial charge in [0.05, 0.1) is 0 Å². The van der Waals surface area contributed by atoms with Gasteiger partial charge < -0.3 is 10.6 Å². The van der Waals surface area contributed by atoms with Gasteiger partial charge in [-0.1, -0.05) is 32.9 Å². The number of benzene rings is 1. The number of rotatable bonds is 6. The average Bonchev–Trinajstić information content (AvgIpc) is 2.49. The molecule has 116 valence electrons. The predicted octanol–water partition coefficient (Wildman–Crippen LogP) is 3.77. The minimum absolute atomic E-state index is 0.0415. The monoisotopic (exact) mass is 298 g/mol.